The monoisotopic (exact) mass is 691 g/mol. The Balaban J connectivity index is 1.18. The predicted molar refractivity (Wildman–Crippen MR) is 175 cm³/mol. The minimum atomic E-state index is -2.61. The molecule has 4 saturated heterocycles. The number of aliphatic hydroxyl groups excluding tert-OH is 2. The summed E-state index contributed by atoms with van der Waals surface area (Å²) in [6.07, 6.45) is -1.88. The molecule has 8 atom stereocenters. The Morgan fingerprint density at radius 3 is 2.51 bits per heavy atom. The number of nitrogens with one attached hydrogen (secondary N) is 3. The molecule has 1 aliphatic carbocycles. The number of halogens is 2. The van der Waals surface area contributed by atoms with E-state index in [9.17, 15) is 33.4 Å². The zero-order valence-corrected chi connectivity index (χ0v) is 28.2. The van der Waals surface area contributed by atoms with E-state index in [1.54, 1.807) is 7.11 Å². The van der Waals surface area contributed by atoms with Gasteiger partial charge in [0.15, 0.2) is 0 Å². The molecule has 0 spiro atoms. The normalized spacial score (nSPS) is 35.7. The molecule has 4 bridgehead atoms. The number of alkyl halides is 2. The van der Waals surface area contributed by atoms with Crippen LogP contribution in [-0.4, -0.2) is 126 Å². The van der Waals surface area contributed by atoms with E-state index in [0.29, 0.717) is 57.6 Å². The highest BCUT2D eigenvalue weighted by Crippen LogP contribution is 2.38. The molecule has 5 aliphatic rings. The van der Waals surface area contributed by atoms with Crippen LogP contribution in [0, 0.1) is 11.8 Å². The topological polar surface area (TPSA) is 153 Å². The summed E-state index contributed by atoms with van der Waals surface area (Å²) in [7, 11) is 1.60. The van der Waals surface area contributed by atoms with Crippen molar-refractivity contribution in [3.8, 4) is 5.75 Å². The zero-order valence-electron chi connectivity index (χ0n) is 28.2. The molecule has 5 fully saturated rings. The molecule has 4 aliphatic heterocycles. The number of fused-ring (bicyclic) bond motifs is 5. The number of piperidine rings is 1. The number of benzene rings is 1. The van der Waals surface area contributed by atoms with Gasteiger partial charge in [-0.05, 0) is 68.2 Å². The van der Waals surface area contributed by atoms with Gasteiger partial charge in [-0.3, -0.25) is 19.3 Å². The molecule has 2 unspecified atom stereocenters. The minimum Gasteiger partial charge on any atom is -0.497 e. The fourth-order valence-corrected chi connectivity index (χ4v) is 8.54. The molecular weight excluding hydrogens is 640 g/mol. The summed E-state index contributed by atoms with van der Waals surface area (Å²) < 4.78 is 39.1. The second-order valence-corrected chi connectivity index (χ2v) is 14.7. The van der Waals surface area contributed by atoms with Gasteiger partial charge in [-0.15, -0.1) is 0 Å². The summed E-state index contributed by atoms with van der Waals surface area (Å²) in [6.45, 7) is 2.69. The van der Waals surface area contributed by atoms with Crippen LogP contribution in [0.25, 0.3) is 0 Å². The smallest absolute Gasteiger partial charge is 0.248 e. The molecule has 1 aromatic rings. The van der Waals surface area contributed by atoms with Gasteiger partial charge in [0, 0.05) is 64.1 Å². The highest BCUT2D eigenvalue weighted by Gasteiger charge is 2.45. The summed E-state index contributed by atoms with van der Waals surface area (Å²) in [5.74, 6) is -2.53. The van der Waals surface area contributed by atoms with Gasteiger partial charge >= 0.3 is 0 Å². The quantitative estimate of drug-likeness (QED) is 0.314. The number of hydrogen-bond donors (Lipinski definition) is 5. The van der Waals surface area contributed by atoms with Crippen LogP contribution in [0.4, 0.5) is 8.78 Å². The first-order chi connectivity index (χ1) is 23.5. The lowest BCUT2D eigenvalue weighted by molar-refractivity contribution is -0.127. The summed E-state index contributed by atoms with van der Waals surface area (Å²) in [5, 5.41) is 30.3. The Kier molecular flexibility index (Phi) is 11.4. The maximum Gasteiger partial charge on any atom is 0.248 e. The van der Waals surface area contributed by atoms with Crippen LogP contribution in [0.5, 0.6) is 5.75 Å². The van der Waals surface area contributed by atoms with E-state index in [-0.39, 0.29) is 73.9 Å². The van der Waals surface area contributed by atoms with Crippen LogP contribution in [0.1, 0.15) is 63.4 Å². The van der Waals surface area contributed by atoms with Gasteiger partial charge < -0.3 is 40.5 Å². The lowest BCUT2D eigenvalue weighted by atomic mass is 9.79. The van der Waals surface area contributed by atoms with Crippen molar-refractivity contribution < 1.29 is 42.9 Å². The van der Waals surface area contributed by atoms with Crippen molar-refractivity contribution in [3.05, 3.63) is 29.8 Å². The first-order valence-corrected chi connectivity index (χ1v) is 17.8. The number of carbonyl (C=O) groups is 3. The molecule has 0 aromatic heterocycles. The highest BCUT2D eigenvalue weighted by atomic mass is 19.3. The number of likely N-dealkylation sites (tertiary alicyclic amines) is 2. The fraction of sp³-hybridized carbons (Fsp3) is 0.743. The van der Waals surface area contributed by atoms with Crippen LogP contribution in [0.15, 0.2) is 24.3 Å². The first kappa shape index (κ1) is 35.9. The van der Waals surface area contributed by atoms with Gasteiger partial charge in [0.1, 0.15) is 24.1 Å². The molecule has 1 saturated carbocycles. The number of aliphatic hydroxyl groups is 2. The molecule has 5 N–H and O–H groups in total. The second kappa shape index (κ2) is 15.5. The molecule has 4 heterocycles. The Hall–Kier alpha value is -2.91. The molecule has 272 valence electrons. The van der Waals surface area contributed by atoms with Crippen LogP contribution < -0.4 is 20.7 Å². The largest absolute Gasteiger partial charge is 0.497 e. The second-order valence-electron chi connectivity index (χ2n) is 14.7. The maximum atomic E-state index is 13.9. The summed E-state index contributed by atoms with van der Waals surface area (Å²) >= 11 is 0. The van der Waals surface area contributed by atoms with Crippen LogP contribution >= 0.6 is 0 Å². The van der Waals surface area contributed by atoms with Gasteiger partial charge in [-0.25, -0.2) is 8.78 Å². The SMILES string of the molecule is COc1cccc(CN2C[C@H]3C[C@H]2C(=O)NCC[C@H]2CN(C4CCC(F)(F)CC4)CC[C@H]2CC(=O)NC[C@H]2O[C@@H](CC(=O)N3)C(O)C2O)c1. The van der Waals surface area contributed by atoms with E-state index in [0.717, 1.165) is 18.5 Å². The molecule has 6 rings (SSSR count). The van der Waals surface area contributed by atoms with Gasteiger partial charge in [0.05, 0.1) is 25.7 Å². The number of nitrogens with zero attached hydrogens (tertiary/aromatic N) is 2. The molecule has 1 aromatic carbocycles. The molecule has 49 heavy (non-hydrogen) atoms. The van der Waals surface area contributed by atoms with Crippen molar-refractivity contribution >= 4 is 17.7 Å². The number of hydrogen-bond acceptors (Lipinski definition) is 9. The van der Waals surface area contributed by atoms with Crippen molar-refractivity contribution in [1.82, 2.24) is 25.8 Å². The van der Waals surface area contributed by atoms with Crippen LogP contribution in [0.2, 0.25) is 0 Å². The third kappa shape index (κ3) is 8.88. The van der Waals surface area contributed by atoms with Crippen molar-refractivity contribution in [2.45, 2.75) is 113 Å². The average Bonchev–Trinajstić information content (AvgIpc) is 3.58. The molecule has 3 amide bonds. The Morgan fingerprint density at radius 2 is 1.73 bits per heavy atom. The van der Waals surface area contributed by atoms with E-state index < -0.39 is 36.4 Å². The number of carbonyl (C=O) groups excluding carboxylic acids is 3. The standard InChI is InChI=1S/C35H51F2N5O7/c1-48-26-4-2-3-21(13-26)18-42-20-24-15-27(42)34(47)38-11-7-23-19-41(25-5-9-35(36,37)10-6-25)12-8-22(23)14-30(43)39-17-29-33(46)32(45)28(49-29)16-31(44)40-24/h2-4,13,22-25,27-29,32-33,45-46H,5-12,14-20H2,1H3,(H,38,47)(H,39,43)(H,40,44)/t22-,23-,24+,27-,28-,29+,32?,33?/m0/s1. The summed E-state index contributed by atoms with van der Waals surface area (Å²) in [5.41, 5.74) is 0.963. The lowest BCUT2D eigenvalue weighted by Crippen LogP contribution is -2.50. The highest BCUT2D eigenvalue weighted by molar-refractivity contribution is 5.83. The summed E-state index contributed by atoms with van der Waals surface area (Å²) in [4.78, 5) is 44.4. The van der Waals surface area contributed by atoms with Crippen molar-refractivity contribution in [2.24, 2.45) is 11.8 Å². The van der Waals surface area contributed by atoms with Crippen LogP contribution in [0.3, 0.4) is 0 Å². The van der Waals surface area contributed by atoms with Crippen molar-refractivity contribution in [3.63, 3.8) is 0 Å². The van der Waals surface area contributed by atoms with Gasteiger partial charge in [0.25, 0.3) is 0 Å². The lowest BCUT2D eigenvalue weighted by Gasteiger charge is -2.44. The number of rotatable bonds is 4. The third-order valence-corrected chi connectivity index (χ3v) is 11.3. The number of methoxy groups -OCH3 is 1. The molecule has 12 nitrogen and oxygen atoms in total. The Labute approximate surface area is 286 Å². The fourth-order valence-electron chi connectivity index (χ4n) is 8.54. The number of ether oxygens (including phenoxy) is 2. The van der Waals surface area contributed by atoms with E-state index in [1.807, 2.05) is 29.2 Å². The third-order valence-electron chi connectivity index (χ3n) is 11.3. The van der Waals surface area contributed by atoms with E-state index in [2.05, 4.69) is 20.9 Å². The van der Waals surface area contributed by atoms with Crippen molar-refractivity contribution in [1.29, 1.82) is 0 Å². The Bertz CT molecular complexity index is 1330. The molecule has 14 heteroatoms. The average molecular weight is 692 g/mol. The van der Waals surface area contributed by atoms with Gasteiger partial charge in [-0.1, -0.05) is 12.1 Å². The summed E-state index contributed by atoms with van der Waals surface area (Å²) in [6, 6.07) is 6.88. The van der Waals surface area contributed by atoms with Crippen molar-refractivity contribution in [2.75, 3.05) is 39.8 Å². The first-order valence-electron chi connectivity index (χ1n) is 17.8. The van der Waals surface area contributed by atoms with E-state index >= 15 is 0 Å². The minimum absolute atomic E-state index is 0.00539. The Morgan fingerprint density at radius 1 is 0.959 bits per heavy atom. The van der Waals surface area contributed by atoms with Gasteiger partial charge in [0.2, 0.25) is 23.6 Å². The van der Waals surface area contributed by atoms with E-state index in [4.69, 9.17) is 9.47 Å². The van der Waals surface area contributed by atoms with Gasteiger partial charge in [-0.2, -0.15) is 0 Å². The number of amides is 3. The molecular formula is C35H51F2N5O7. The van der Waals surface area contributed by atoms with Crippen LogP contribution in [-0.2, 0) is 25.7 Å². The predicted octanol–water partition coefficient (Wildman–Crippen LogP) is 1.18. The molecule has 0 radical (unpaired) electrons. The maximum absolute atomic E-state index is 13.9. The zero-order chi connectivity index (χ0) is 34.7. The van der Waals surface area contributed by atoms with E-state index in [1.165, 1.54) is 0 Å².